The molecule has 3 nitrogen and oxygen atoms in total. The molecule has 1 aliphatic heterocycles. The van der Waals surface area contributed by atoms with E-state index in [2.05, 4.69) is 17.3 Å². The van der Waals surface area contributed by atoms with Gasteiger partial charge in [0.05, 0.1) is 0 Å². The summed E-state index contributed by atoms with van der Waals surface area (Å²) >= 11 is 0. The molecule has 1 aliphatic rings. The van der Waals surface area contributed by atoms with Crippen molar-refractivity contribution in [1.29, 1.82) is 0 Å². The van der Waals surface area contributed by atoms with Gasteiger partial charge in [0.2, 0.25) is 5.91 Å². The number of nitrogens with zero attached hydrogens (tertiary/aromatic N) is 1. The van der Waals surface area contributed by atoms with E-state index in [0.717, 1.165) is 25.9 Å². The fourth-order valence-electron chi connectivity index (χ4n) is 1.67. The Morgan fingerprint density at radius 2 is 1.92 bits per heavy atom. The number of hydrogen-bond donors (Lipinski definition) is 1. The number of likely N-dealkylation sites (tertiary alicyclic amines) is 1. The minimum atomic E-state index is 0.239. The lowest BCUT2D eigenvalue weighted by atomic mass is 9.96. The van der Waals surface area contributed by atoms with Crippen molar-refractivity contribution in [2.45, 2.75) is 32.7 Å². The quantitative estimate of drug-likeness (QED) is 0.690. The lowest BCUT2D eigenvalue weighted by Gasteiger charge is -2.28. The Balaban J connectivity index is 2.31. The van der Waals surface area contributed by atoms with Gasteiger partial charge < -0.3 is 10.2 Å². The molecule has 0 spiro atoms. The van der Waals surface area contributed by atoms with Crippen LogP contribution in [0.5, 0.6) is 0 Å². The molecule has 0 aromatic heterocycles. The van der Waals surface area contributed by atoms with Gasteiger partial charge in [0, 0.05) is 12.0 Å². The minimum absolute atomic E-state index is 0.239. The summed E-state index contributed by atoms with van der Waals surface area (Å²) in [6, 6.07) is 0.271. The summed E-state index contributed by atoms with van der Waals surface area (Å²) in [4.78, 5) is 13.9. The summed E-state index contributed by atoms with van der Waals surface area (Å²) in [6.07, 6.45) is 2.02. The molecule has 1 rings (SSSR count). The summed E-state index contributed by atoms with van der Waals surface area (Å²) in [6.45, 7) is 6.12. The van der Waals surface area contributed by atoms with Crippen LogP contribution in [0.2, 0.25) is 0 Å². The maximum absolute atomic E-state index is 11.6. The second-order valence-corrected chi connectivity index (χ2v) is 4.24. The zero-order valence-electron chi connectivity index (χ0n) is 8.84. The minimum Gasteiger partial charge on any atom is -0.354 e. The maximum atomic E-state index is 11.6. The fraction of sp³-hybridized carbons (Fsp3) is 0.900. The van der Waals surface area contributed by atoms with E-state index < -0.39 is 0 Å². The van der Waals surface area contributed by atoms with Crippen LogP contribution in [0.25, 0.3) is 0 Å². The standard InChI is InChI=1S/C10H20N2O/c1-8(2)11-10(13)9-4-6-12(3)7-5-9/h8-9H,4-7H2,1-3H3,(H,11,13). The number of carbonyl (C=O) groups excluding carboxylic acids is 1. The summed E-state index contributed by atoms with van der Waals surface area (Å²) < 4.78 is 0. The van der Waals surface area contributed by atoms with E-state index in [1.165, 1.54) is 0 Å². The molecule has 1 fully saturated rings. The van der Waals surface area contributed by atoms with Gasteiger partial charge in [-0.05, 0) is 46.8 Å². The second-order valence-electron chi connectivity index (χ2n) is 4.24. The van der Waals surface area contributed by atoms with Gasteiger partial charge in [-0.1, -0.05) is 0 Å². The molecule has 0 saturated carbocycles. The van der Waals surface area contributed by atoms with Crippen LogP contribution in [0.1, 0.15) is 26.7 Å². The van der Waals surface area contributed by atoms with Crippen molar-refractivity contribution in [2.24, 2.45) is 5.92 Å². The van der Waals surface area contributed by atoms with E-state index in [9.17, 15) is 4.79 Å². The predicted octanol–water partition coefficient (Wildman–Crippen LogP) is 0.853. The largest absolute Gasteiger partial charge is 0.354 e. The molecule has 1 N–H and O–H groups in total. The Hall–Kier alpha value is -0.570. The Labute approximate surface area is 80.5 Å². The Morgan fingerprint density at radius 1 is 1.38 bits per heavy atom. The summed E-state index contributed by atoms with van der Waals surface area (Å²) in [5.74, 6) is 0.488. The number of hydrogen-bond acceptors (Lipinski definition) is 2. The molecule has 0 aromatic rings. The van der Waals surface area contributed by atoms with Crippen molar-refractivity contribution in [3.8, 4) is 0 Å². The van der Waals surface area contributed by atoms with Crippen LogP contribution in [-0.2, 0) is 4.79 Å². The van der Waals surface area contributed by atoms with Crippen molar-refractivity contribution in [3.05, 3.63) is 0 Å². The van der Waals surface area contributed by atoms with Gasteiger partial charge in [-0.2, -0.15) is 0 Å². The lowest BCUT2D eigenvalue weighted by Crippen LogP contribution is -2.41. The van der Waals surface area contributed by atoms with Gasteiger partial charge in [-0.25, -0.2) is 0 Å². The van der Waals surface area contributed by atoms with E-state index >= 15 is 0 Å². The molecule has 76 valence electrons. The van der Waals surface area contributed by atoms with Crippen LogP contribution in [-0.4, -0.2) is 37.0 Å². The summed E-state index contributed by atoms with van der Waals surface area (Å²) in [7, 11) is 2.11. The molecule has 0 radical (unpaired) electrons. The third kappa shape index (κ3) is 3.35. The van der Waals surface area contributed by atoms with E-state index in [4.69, 9.17) is 0 Å². The lowest BCUT2D eigenvalue weighted by molar-refractivity contribution is -0.126. The van der Waals surface area contributed by atoms with Crippen LogP contribution >= 0.6 is 0 Å². The SMILES string of the molecule is CC(C)NC(=O)C1CCN(C)CC1. The van der Waals surface area contributed by atoms with Crippen LogP contribution < -0.4 is 5.32 Å². The molecule has 1 amide bonds. The van der Waals surface area contributed by atoms with E-state index in [1.54, 1.807) is 0 Å². The van der Waals surface area contributed by atoms with Crippen LogP contribution in [0.4, 0.5) is 0 Å². The smallest absolute Gasteiger partial charge is 0.223 e. The monoisotopic (exact) mass is 184 g/mol. The molecule has 0 unspecified atom stereocenters. The van der Waals surface area contributed by atoms with E-state index in [0.29, 0.717) is 0 Å². The molecule has 3 heteroatoms. The first-order chi connectivity index (χ1) is 6.09. The van der Waals surface area contributed by atoms with Crippen LogP contribution in [0.15, 0.2) is 0 Å². The Kier molecular flexibility index (Phi) is 3.72. The summed E-state index contributed by atoms with van der Waals surface area (Å²) in [5, 5.41) is 2.97. The highest BCUT2D eigenvalue weighted by molar-refractivity contribution is 5.78. The topological polar surface area (TPSA) is 32.3 Å². The number of nitrogens with one attached hydrogen (secondary N) is 1. The molecular weight excluding hydrogens is 164 g/mol. The van der Waals surface area contributed by atoms with Gasteiger partial charge in [0.25, 0.3) is 0 Å². The summed E-state index contributed by atoms with van der Waals surface area (Å²) in [5.41, 5.74) is 0. The first-order valence-electron chi connectivity index (χ1n) is 5.08. The average Bonchev–Trinajstić information content (AvgIpc) is 2.04. The van der Waals surface area contributed by atoms with Crippen LogP contribution in [0, 0.1) is 5.92 Å². The van der Waals surface area contributed by atoms with Crippen molar-refractivity contribution in [1.82, 2.24) is 10.2 Å². The number of amides is 1. The molecule has 1 heterocycles. The van der Waals surface area contributed by atoms with Crippen molar-refractivity contribution in [2.75, 3.05) is 20.1 Å². The highest BCUT2D eigenvalue weighted by Crippen LogP contribution is 2.15. The molecule has 0 bridgehead atoms. The number of piperidine rings is 1. The third-order valence-electron chi connectivity index (χ3n) is 2.52. The van der Waals surface area contributed by atoms with Gasteiger partial charge in [-0.15, -0.1) is 0 Å². The Morgan fingerprint density at radius 3 is 2.38 bits per heavy atom. The molecular formula is C10H20N2O. The first-order valence-corrected chi connectivity index (χ1v) is 5.08. The second kappa shape index (κ2) is 4.61. The maximum Gasteiger partial charge on any atom is 0.223 e. The molecule has 0 atom stereocenters. The van der Waals surface area contributed by atoms with Gasteiger partial charge in [-0.3, -0.25) is 4.79 Å². The van der Waals surface area contributed by atoms with E-state index in [1.807, 2.05) is 13.8 Å². The number of rotatable bonds is 2. The average molecular weight is 184 g/mol. The molecule has 13 heavy (non-hydrogen) atoms. The van der Waals surface area contributed by atoms with E-state index in [-0.39, 0.29) is 17.9 Å². The molecule has 0 aromatic carbocycles. The normalized spacial score (nSPS) is 20.6. The van der Waals surface area contributed by atoms with Gasteiger partial charge in [0.1, 0.15) is 0 Å². The van der Waals surface area contributed by atoms with Gasteiger partial charge >= 0.3 is 0 Å². The highest BCUT2D eigenvalue weighted by atomic mass is 16.1. The predicted molar refractivity (Wildman–Crippen MR) is 53.5 cm³/mol. The highest BCUT2D eigenvalue weighted by Gasteiger charge is 2.23. The van der Waals surface area contributed by atoms with Crippen molar-refractivity contribution in [3.63, 3.8) is 0 Å². The van der Waals surface area contributed by atoms with Gasteiger partial charge in [0.15, 0.2) is 0 Å². The van der Waals surface area contributed by atoms with Crippen LogP contribution in [0.3, 0.4) is 0 Å². The molecule has 0 aliphatic carbocycles. The molecule has 1 saturated heterocycles. The zero-order valence-corrected chi connectivity index (χ0v) is 8.84. The van der Waals surface area contributed by atoms with Crippen molar-refractivity contribution >= 4 is 5.91 Å². The number of carbonyl (C=O) groups is 1. The first kappa shape index (κ1) is 10.5. The zero-order chi connectivity index (χ0) is 9.84. The third-order valence-corrected chi connectivity index (χ3v) is 2.52. The van der Waals surface area contributed by atoms with Crippen molar-refractivity contribution < 1.29 is 4.79 Å². The fourth-order valence-corrected chi connectivity index (χ4v) is 1.67. The Bertz CT molecular complexity index is 172.